The molecule has 1 amide bonds. The van der Waals surface area contributed by atoms with Crippen LogP contribution >= 0.6 is 0 Å². The number of fused-ring (bicyclic) bond motifs is 1. The summed E-state index contributed by atoms with van der Waals surface area (Å²) in [7, 11) is 3.64. The molecule has 0 aromatic heterocycles. The van der Waals surface area contributed by atoms with E-state index in [2.05, 4.69) is 52.3 Å². The zero-order chi connectivity index (χ0) is 16.2. The second kappa shape index (κ2) is 7.11. The minimum Gasteiger partial charge on any atom is -0.348 e. The predicted octanol–water partition coefficient (Wildman–Crippen LogP) is 2.05. The van der Waals surface area contributed by atoms with Gasteiger partial charge in [-0.1, -0.05) is 36.4 Å². The number of hydrogen-bond acceptors (Lipinski definition) is 3. The van der Waals surface area contributed by atoms with E-state index in [1.165, 1.54) is 16.3 Å². The van der Waals surface area contributed by atoms with Crippen molar-refractivity contribution in [3.05, 3.63) is 48.0 Å². The van der Waals surface area contributed by atoms with Crippen LogP contribution in [0.1, 0.15) is 5.56 Å². The lowest BCUT2D eigenvalue weighted by Gasteiger charge is -2.34. The van der Waals surface area contributed by atoms with Crippen molar-refractivity contribution in [1.82, 2.24) is 14.7 Å². The third kappa shape index (κ3) is 4.09. The molecule has 1 saturated heterocycles. The number of rotatable bonds is 4. The van der Waals surface area contributed by atoms with Crippen molar-refractivity contribution < 1.29 is 4.79 Å². The average molecular weight is 311 g/mol. The van der Waals surface area contributed by atoms with E-state index in [4.69, 9.17) is 0 Å². The molecule has 0 spiro atoms. The molecular formula is C19H25N3O. The molecule has 0 unspecified atom stereocenters. The van der Waals surface area contributed by atoms with Gasteiger partial charge in [0.05, 0.1) is 6.54 Å². The number of amides is 1. The van der Waals surface area contributed by atoms with Gasteiger partial charge < -0.3 is 4.90 Å². The fourth-order valence-corrected chi connectivity index (χ4v) is 3.03. The number of likely N-dealkylation sites (N-methyl/N-ethyl adjacent to an activating group) is 1. The summed E-state index contributed by atoms with van der Waals surface area (Å²) in [4.78, 5) is 18.2. The van der Waals surface area contributed by atoms with Crippen LogP contribution in [-0.4, -0.2) is 67.4 Å². The van der Waals surface area contributed by atoms with Crippen molar-refractivity contribution in [1.29, 1.82) is 0 Å². The van der Waals surface area contributed by atoms with E-state index in [1.54, 1.807) is 4.90 Å². The molecule has 2 aromatic carbocycles. The molecule has 3 rings (SSSR count). The molecule has 4 nitrogen and oxygen atoms in total. The van der Waals surface area contributed by atoms with E-state index < -0.39 is 0 Å². The molecule has 1 aliphatic heterocycles. The Balaban J connectivity index is 1.54. The number of benzene rings is 2. The Kier molecular flexibility index (Phi) is 4.94. The van der Waals surface area contributed by atoms with Crippen LogP contribution in [0.4, 0.5) is 0 Å². The van der Waals surface area contributed by atoms with E-state index >= 15 is 0 Å². The molecule has 0 saturated carbocycles. The highest BCUT2D eigenvalue weighted by atomic mass is 16.2. The lowest BCUT2D eigenvalue weighted by molar-refractivity contribution is -0.130. The van der Waals surface area contributed by atoms with Crippen molar-refractivity contribution in [3.63, 3.8) is 0 Å². The monoisotopic (exact) mass is 311 g/mol. The van der Waals surface area contributed by atoms with Crippen molar-refractivity contribution >= 4 is 16.7 Å². The molecule has 1 fully saturated rings. The number of nitrogens with zero attached hydrogens (tertiary/aromatic N) is 3. The van der Waals surface area contributed by atoms with Crippen LogP contribution in [0.25, 0.3) is 10.8 Å². The molecule has 0 radical (unpaired) electrons. The van der Waals surface area contributed by atoms with Crippen LogP contribution in [0.15, 0.2) is 42.5 Å². The lowest BCUT2D eigenvalue weighted by Crippen LogP contribution is -2.48. The molecule has 0 aliphatic carbocycles. The Morgan fingerprint density at radius 1 is 0.957 bits per heavy atom. The first-order valence-electron chi connectivity index (χ1n) is 8.24. The molecule has 0 bridgehead atoms. The van der Waals surface area contributed by atoms with Crippen LogP contribution in [0.3, 0.4) is 0 Å². The highest BCUT2D eigenvalue weighted by Crippen LogP contribution is 2.17. The largest absolute Gasteiger partial charge is 0.348 e. The summed E-state index contributed by atoms with van der Waals surface area (Å²) >= 11 is 0. The molecule has 1 aliphatic rings. The van der Waals surface area contributed by atoms with E-state index in [1.807, 2.05) is 14.1 Å². The Morgan fingerprint density at radius 3 is 2.30 bits per heavy atom. The third-order valence-corrected chi connectivity index (χ3v) is 4.54. The van der Waals surface area contributed by atoms with E-state index in [-0.39, 0.29) is 5.91 Å². The maximum atomic E-state index is 11.8. The zero-order valence-electron chi connectivity index (χ0n) is 14.0. The lowest BCUT2D eigenvalue weighted by atomic mass is 10.1. The van der Waals surface area contributed by atoms with Crippen molar-refractivity contribution in [2.24, 2.45) is 0 Å². The van der Waals surface area contributed by atoms with Gasteiger partial charge in [0.2, 0.25) is 5.91 Å². The van der Waals surface area contributed by atoms with Gasteiger partial charge in [0, 0.05) is 46.8 Å². The highest BCUT2D eigenvalue weighted by molar-refractivity contribution is 5.83. The van der Waals surface area contributed by atoms with Crippen LogP contribution in [0, 0.1) is 0 Å². The highest BCUT2D eigenvalue weighted by Gasteiger charge is 2.19. The molecule has 0 N–H and O–H groups in total. The maximum Gasteiger partial charge on any atom is 0.236 e. The average Bonchev–Trinajstić information content (AvgIpc) is 2.56. The Bertz CT molecular complexity index is 675. The van der Waals surface area contributed by atoms with Gasteiger partial charge in [-0.05, 0) is 22.4 Å². The Hall–Kier alpha value is -1.91. The van der Waals surface area contributed by atoms with Gasteiger partial charge in [-0.2, -0.15) is 0 Å². The summed E-state index contributed by atoms with van der Waals surface area (Å²) in [5.41, 5.74) is 1.36. The first kappa shape index (κ1) is 16.0. The summed E-state index contributed by atoms with van der Waals surface area (Å²) in [5, 5.41) is 2.60. The van der Waals surface area contributed by atoms with Crippen molar-refractivity contribution in [3.8, 4) is 0 Å². The summed E-state index contributed by atoms with van der Waals surface area (Å²) in [5.74, 6) is 0.188. The Morgan fingerprint density at radius 2 is 1.61 bits per heavy atom. The molecule has 0 atom stereocenters. The van der Waals surface area contributed by atoms with Gasteiger partial charge in [-0.15, -0.1) is 0 Å². The van der Waals surface area contributed by atoms with Gasteiger partial charge in [0.15, 0.2) is 0 Å². The zero-order valence-corrected chi connectivity index (χ0v) is 14.0. The Labute approximate surface area is 138 Å². The summed E-state index contributed by atoms with van der Waals surface area (Å²) < 4.78 is 0. The van der Waals surface area contributed by atoms with Crippen molar-refractivity contribution in [2.75, 3.05) is 46.8 Å². The van der Waals surface area contributed by atoms with Gasteiger partial charge >= 0.3 is 0 Å². The first-order valence-corrected chi connectivity index (χ1v) is 8.24. The van der Waals surface area contributed by atoms with E-state index in [0.717, 1.165) is 32.7 Å². The smallest absolute Gasteiger partial charge is 0.236 e. The fourth-order valence-electron chi connectivity index (χ4n) is 3.03. The van der Waals surface area contributed by atoms with Crippen LogP contribution in [0.2, 0.25) is 0 Å². The summed E-state index contributed by atoms with van der Waals surface area (Å²) in [6, 6.07) is 15.2. The van der Waals surface area contributed by atoms with Crippen LogP contribution in [-0.2, 0) is 11.3 Å². The van der Waals surface area contributed by atoms with E-state index in [0.29, 0.717) is 6.54 Å². The quantitative estimate of drug-likeness (QED) is 0.864. The molecular weight excluding hydrogens is 286 g/mol. The normalized spacial score (nSPS) is 16.6. The number of carbonyl (C=O) groups excluding carboxylic acids is 1. The molecule has 1 heterocycles. The topological polar surface area (TPSA) is 26.8 Å². The van der Waals surface area contributed by atoms with Gasteiger partial charge in [0.1, 0.15) is 0 Å². The molecule has 122 valence electrons. The molecule has 2 aromatic rings. The predicted molar refractivity (Wildman–Crippen MR) is 94.4 cm³/mol. The van der Waals surface area contributed by atoms with Gasteiger partial charge in [0.25, 0.3) is 0 Å². The molecule has 4 heteroatoms. The van der Waals surface area contributed by atoms with Gasteiger partial charge in [-0.25, -0.2) is 0 Å². The van der Waals surface area contributed by atoms with E-state index in [9.17, 15) is 4.79 Å². The number of carbonyl (C=O) groups is 1. The maximum absolute atomic E-state index is 11.8. The third-order valence-electron chi connectivity index (χ3n) is 4.54. The minimum atomic E-state index is 0.188. The number of piperazine rings is 1. The molecule has 23 heavy (non-hydrogen) atoms. The standard InChI is InChI=1S/C19H25N3O/c1-20(2)19(23)15-22-11-9-21(10-12-22)14-16-7-8-17-5-3-4-6-18(17)13-16/h3-8,13H,9-12,14-15H2,1-2H3. The second-order valence-electron chi connectivity index (χ2n) is 6.52. The van der Waals surface area contributed by atoms with Crippen molar-refractivity contribution in [2.45, 2.75) is 6.54 Å². The van der Waals surface area contributed by atoms with Crippen LogP contribution in [0.5, 0.6) is 0 Å². The summed E-state index contributed by atoms with van der Waals surface area (Å²) in [6.45, 7) is 5.50. The second-order valence-corrected chi connectivity index (χ2v) is 6.52. The number of hydrogen-bond donors (Lipinski definition) is 0. The minimum absolute atomic E-state index is 0.188. The SMILES string of the molecule is CN(C)C(=O)CN1CCN(Cc2ccc3ccccc3c2)CC1. The first-order chi connectivity index (χ1) is 11.1. The van der Waals surface area contributed by atoms with Crippen LogP contribution < -0.4 is 0 Å². The summed E-state index contributed by atoms with van der Waals surface area (Å²) in [6.07, 6.45) is 0. The fraction of sp³-hybridized carbons (Fsp3) is 0.421. The van der Waals surface area contributed by atoms with Gasteiger partial charge in [-0.3, -0.25) is 14.6 Å².